The van der Waals surface area contributed by atoms with Crippen LogP contribution < -0.4 is 20.7 Å². The third kappa shape index (κ3) is 5.29. The van der Waals surface area contributed by atoms with Gasteiger partial charge in [0.15, 0.2) is 10.6 Å². The molecule has 1 aromatic carbocycles. The number of fused-ring (bicyclic) bond motifs is 2. The number of nitrogens with one attached hydrogen (secondary N) is 3. The molecule has 3 atom stereocenters. The van der Waals surface area contributed by atoms with Crippen molar-refractivity contribution in [2.75, 3.05) is 25.0 Å². The average molecular weight is 547 g/mol. The molecule has 5 rings (SSSR count). The molecule has 3 aliphatic rings. The Balaban J connectivity index is 1.30. The molecule has 0 radical (unpaired) electrons. The van der Waals surface area contributed by atoms with Crippen molar-refractivity contribution < 1.29 is 28.7 Å². The second-order valence-electron chi connectivity index (χ2n) is 9.45. The van der Waals surface area contributed by atoms with Gasteiger partial charge in [-0.1, -0.05) is 22.9 Å². The van der Waals surface area contributed by atoms with Gasteiger partial charge < -0.3 is 30.3 Å². The fourth-order valence-electron chi connectivity index (χ4n) is 5.15. The van der Waals surface area contributed by atoms with Gasteiger partial charge in [0.25, 0.3) is 11.8 Å². The van der Waals surface area contributed by atoms with Gasteiger partial charge in [0.05, 0.1) is 16.5 Å². The first-order valence-electron chi connectivity index (χ1n) is 12.1. The van der Waals surface area contributed by atoms with E-state index in [2.05, 4.69) is 16.0 Å². The molecule has 3 saturated heterocycles. The van der Waals surface area contributed by atoms with E-state index in [4.69, 9.17) is 21.1 Å². The van der Waals surface area contributed by atoms with E-state index in [1.807, 2.05) is 0 Å². The predicted molar refractivity (Wildman–Crippen MR) is 137 cm³/mol. The van der Waals surface area contributed by atoms with E-state index < -0.39 is 23.6 Å². The summed E-state index contributed by atoms with van der Waals surface area (Å²) >= 11 is 7.03. The summed E-state index contributed by atoms with van der Waals surface area (Å²) in [6.45, 7) is 3.00. The number of amides is 4. The standard InChI is InChI=1S/C25H27ClN4O6S/c1-14-12-15(2-4-17(14)22(32)30-10-8-20(31)27-9-11-30)28-23(33)25(13-16-3-5-18(25)35-16)29-24(34)36-21-7-6-19(26)37-21/h2,4,6-7,12,16,18H,3,5,8-11,13H2,1H3,(H,27,31)(H,28,33)(H,29,34). The number of hydrogen-bond acceptors (Lipinski definition) is 7. The summed E-state index contributed by atoms with van der Waals surface area (Å²) in [6, 6.07) is 8.26. The summed E-state index contributed by atoms with van der Waals surface area (Å²) in [7, 11) is 0. The topological polar surface area (TPSA) is 126 Å². The molecule has 3 fully saturated rings. The minimum absolute atomic E-state index is 0.0692. The van der Waals surface area contributed by atoms with E-state index in [0.29, 0.717) is 58.7 Å². The van der Waals surface area contributed by atoms with E-state index in [9.17, 15) is 19.2 Å². The number of thiophene rings is 1. The fraction of sp³-hybridized carbons (Fsp3) is 0.440. The number of anilines is 1. The first-order valence-corrected chi connectivity index (χ1v) is 13.3. The molecule has 4 amide bonds. The van der Waals surface area contributed by atoms with Crippen molar-refractivity contribution in [1.29, 1.82) is 0 Å². The highest BCUT2D eigenvalue weighted by molar-refractivity contribution is 7.17. The summed E-state index contributed by atoms with van der Waals surface area (Å²) in [4.78, 5) is 52.6. The van der Waals surface area contributed by atoms with Crippen LogP contribution in [-0.2, 0) is 14.3 Å². The highest BCUT2D eigenvalue weighted by Gasteiger charge is 2.58. The second kappa shape index (κ2) is 10.3. The van der Waals surface area contributed by atoms with Crippen LogP contribution in [0.4, 0.5) is 10.5 Å². The van der Waals surface area contributed by atoms with Crippen molar-refractivity contribution in [2.24, 2.45) is 0 Å². The Hall–Kier alpha value is -3.15. The van der Waals surface area contributed by atoms with Gasteiger partial charge in [0.1, 0.15) is 0 Å². The van der Waals surface area contributed by atoms with Crippen LogP contribution in [0.15, 0.2) is 30.3 Å². The lowest BCUT2D eigenvalue weighted by Gasteiger charge is -2.34. The van der Waals surface area contributed by atoms with E-state index >= 15 is 0 Å². The average Bonchev–Trinajstić information content (AvgIpc) is 3.53. The van der Waals surface area contributed by atoms with Gasteiger partial charge in [0, 0.05) is 43.7 Å². The fourth-order valence-corrected chi connectivity index (χ4v) is 6.02. The van der Waals surface area contributed by atoms with Gasteiger partial charge in [-0.15, -0.1) is 0 Å². The number of halogens is 1. The Labute approximate surface area is 222 Å². The molecule has 2 bridgehead atoms. The van der Waals surface area contributed by atoms with Crippen molar-refractivity contribution in [3.8, 4) is 5.06 Å². The van der Waals surface area contributed by atoms with E-state index in [1.54, 1.807) is 42.2 Å². The van der Waals surface area contributed by atoms with Crippen LogP contribution in [-0.4, -0.2) is 66.1 Å². The van der Waals surface area contributed by atoms with Crippen LogP contribution in [0.2, 0.25) is 4.34 Å². The Morgan fingerprint density at radius 3 is 2.73 bits per heavy atom. The second-order valence-corrected chi connectivity index (χ2v) is 11.1. The predicted octanol–water partition coefficient (Wildman–Crippen LogP) is 3.09. The van der Waals surface area contributed by atoms with Crippen molar-refractivity contribution in [1.82, 2.24) is 15.5 Å². The number of carbonyl (C=O) groups excluding carboxylic acids is 4. The maximum Gasteiger partial charge on any atom is 0.414 e. The zero-order chi connectivity index (χ0) is 26.2. The molecule has 4 heterocycles. The molecule has 3 unspecified atom stereocenters. The van der Waals surface area contributed by atoms with Crippen molar-refractivity contribution >= 4 is 52.4 Å². The summed E-state index contributed by atoms with van der Waals surface area (Å²) in [5, 5.41) is 8.75. The summed E-state index contributed by atoms with van der Waals surface area (Å²) < 4.78 is 11.8. The zero-order valence-electron chi connectivity index (χ0n) is 20.2. The number of rotatable bonds is 5. The minimum atomic E-state index is -1.28. The summed E-state index contributed by atoms with van der Waals surface area (Å²) in [6.07, 6.45) is 0.712. The maximum absolute atomic E-state index is 13.6. The van der Waals surface area contributed by atoms with E-state index in [0.717, 1.165) is 17.8 Å². The lowest BCUT2D eigenvalue weighted by atomic mass is 9.80. The molecular formula is C25H27ClN4O6S. The molecule has 2 aromatic rings. The zero-order valence-corrected chi connectivity index (χ0v) is 21.7. The molecule has 12 heteroatoms. The van der Waals surface area contributed by atoms with Crippen LogP contribution >= 0.6 is 22.9 Å². The number of carbonyl (C=O) groups is 4. The lowest BCUT2D eigenvalue weighted by Crippen LogP contribution is -2.62. The van der Waals surface area contributed by atoms with Gasteiger partial charge >= 0.3 is 6.09 Å². The number of benzene rings is 1. The van der Waals surface area contributed by atoms with Gasteiger partial charge in [0.2, 0.25) is 5.91 Å². The van der Waals surface area contributed by atoms with Gasteiger partial charge in [-0.3, -0.25) is 14.4 Å². The number of ether oxygens (including phenoxy) is 2. The normalized spacial score (nSPS) is 24.8. The Kier molecular flexibility index (Phi) is 7.11. The molecule has 196 valence electrons. The summed E-state index contributed by atoms with van der Waals surface area (Å²) in [5.74, 6) is -0.639. The van der Waals surface area contributed by atoms with Gasteiger partial charge in [-0.2, -0.15) is 0 Å². The van der Waals surface area contributed by atoms with Crippen molar-refractivity contribution in [3.05, 3.63) is 45.8 Å². The number of aryl methyl sites for hydroxylation is 1. The molecule has 37 heavy (non-hydrogen) atoms. The lowest BCUT2D eigenvalue weighted by molar-refractivity contribution is -0.124. The van der Waals surface area contributed by atoms with Crippen molar-refractivity contribution in [3.63, 3.8) is 0 Å². The van der Waals surface area contributed by atoms with Crippen LogP contribution in [0.25, 0.3) is 0 Å². The SMILES string of the molecule is Cc1cc(NC(=O)C2(NC(=O)Oc3ccc(Cl)s3)CC3CCC2O3)ccc1C(=O)N1CCNC(=O)CC1. The molecular weight excluding hydrogens is 520 g/mol. The molecule has 0 spiro atoms. The van der Waals surface area contributed by atoms with Crippen LogP contribution in [0.1, 0.15) is 41.6 Å². The third-order valence-corrected chi connectivity index (χ3v) is 8.10. The van der Waals surface area contributed by atoms with Crippen molar-refractivity contribution in [2.45, 2.75) is 50.4 Å². The molecule has 3 aliphatic heterocycles. The Bertz CT molecular complexity index is 1250. The first kappa shape index (κ1) is 25.5. The highest BCUT2D eigenvalue weighted by Crippen LogP contribution is 2.43. The molecule has 1 aromatic heterocycles. The summed E-state index contributed by atoms with van der Waals surface area (Å²) in [5.41, 5.74) is 0.400. The Morgan fingerprint density at radius 1 is 1.22 bits per heavy atom. The smallest absolute Gasteiger partial charge is 0.399 e. The molecule has 10 nitrogen and oxygen atoms in total. The van der Waals surface area contributed by atoms with Gasteiger partial charge in [-0.05, 0) is 55.7 Å². The van der Waals surface area contributed by atoms with Crippen LogP contribution in [0, 0.1) is 6.92 Å². The van der Waals surface area contributed by atoms with Crippen LogP contribution in [0.5, 0.6) is 5.06 Å². The van der Waals surface area contributed by atoms with Crippen LogP contribution in [0.3, 0.4) is 0 Å². The molecule has 3 N–H and O–H groups in total. The first-order chi connectivity index (χ1) is 17.7. The maximum atomic E-state index is 13.6. The monoisotopic (exact) mass is 546 g/mol. The third-order valence-electron chi connectivity index (χ3n) is 6.99. The minimum Gasteiger partial charge on any atom is -0.399 e. The molecule has 0 aliphatic carbocycles. The largest absolute Gasteiger partial charge is 0.414 e. The Morgan fingerprint density at radius 2 is 2.05 bits per heavy atom. The highest BCUT2D eigenvalue weighted by atomic mass is 35.5. The van der Waals surface area contributed by atoms with E-state index in [-0.39, 0.29) is 24.3 Å². The molecule has 0 saturated carbocycles. The quantitative estimate of drug-likeness (QED) is 0.529. The van der Waals surface area contributed by atoms with E-state index in [1.165, 1.54) is 0 Å². The number of hydrogen-bond donors (Lipinski definition) is 3. The van der Waals surface area contributed by atoms with Gasteiger partial charge in [-0.25, -0.2) is 4.79 Å². The number of nitrogens with zero attached hydrogens (tertiary/aromatic N) is 1.